The predicted octanol–water partition coefficient (Wildman–Crippen LogP) is 1.42. The van der Waals surface area contributed by atoms with Gasteiger partial charge in [-0.15, -0.1) is 0 Å². The lowest BCUT2D eigenvalue weighted by Crippen LogP contribution is -2.25. The molecule has 16 nitrogen and oxygen atoms in total. The maximum absolute atomic E-state index is 11.4. The van der Waals surface area contributed by atoms with Gasteiger partial charge in [-0.3, -0.25) is 14.4 Å². The number of aldehydes is 1. The zero-order valence-corrected chi connectivity index (χ0v) is 29.2. The maximum Gasteiger partial charge on any atom is 0.303 e. The highest BCUT2D eigenvalue weighted by molar-refractivity contribution is 5.80. The number of carbonyl (C=O) groups is 3. The Labute approximate surface area is 295 Å². The summed E-state index contributed by atoms with van der Waals surface area (Å²) in [4.78, 5) is 32.4. The molecule has 0 saturated carbocycles. The van der Waals surface area contributed by atoms with E-state index in [9.17, 15) is 14.4 Å². The van der Waals surface area contributed by atoms with Crippen LogP contribution in [0.3, 0.4) is 0 Å². The Kier molecular flexibility index (Phi) is 32.6. The zero-order valence-electron chi connectivity index (χ0n) is 29.2. The molecule has 0 bridgehead atoms. The Morgan fingerprint density at radius 1 is 0.500 bits per heavy atom. The molecule has 0 aliphatic carbocycles. The molecule has 0 atom stereocenters. The summed E-state index contributed by atoms with van der Waals surface area (Å²) in [7, 11) is 0. The summed E-state index contributed by atoms with van der Waals surface area (Å²) in [5.74, 6) is -0.559. The van der Waals surface area contributed by atoms with E-state index in [1.54, 1.807) is 24.3 Å². The minimum Gasteiger partial charge on any atom is -0.491 e. The van der Waals surface area contributed by atoms with Gasteiger partial charge in [0, 0.05) is 25.1 Å². The van der Waals surface area contributed by atoms with Gasteiger partial charge in [0.2, 0.25) is 5.91 Å². The molecule has 1 aromatic carbocycles. The maximum atomic E-state index is 11.4. The summed E-state index contributed by atoms with van der Waals surface area (Å²) >= 11 is 0. The van der Waals surface area contributed by atoms with Crippen molar-refractivity contribution in [3.8, 4) is 5.75 Å². The Hall–Kier alpha value is -2.77. The molecule has 0 spiro atoms. The normalized spacial score (nSPS) is 11.1. The molecule has 0 radical (unpaired) electrons. The molecule has 0 aromatic heterocycles. The quantitative estimate of drug-likeness (QED) is 0.0735. The number of amides is 1. The van der Waals surface area contributed by atoms with Gasteiger partial charge < -0.3 is 62.5 Å². The molecule has 0 unspecified atom stereocenters. The first-order valence-electron chi connectivity index (χ1n) is 17.1. The van der Waals surface area contributed by atoms with E-state index in [-0.39, 0.29) is 18.7 Å². The van der Waals surface area contributed by atoms with Crippen LogP contribution in [0.5, 0.6) is 5.75 Å². The van der Waals surface area contributed by atoms with Crippen molar-refractivity contribution in [3.05, 3.63) is 29.8 Å². The van der Waals surface area contributed by atoms with Crippen molar-refractivity contribution in [2.45, 2.75) is 19.3 Å². The van der Waals surface area contributed by atoms with Gasteiger partial charge in [-0.25, -0.2) is 0 Å². The van der Waals surface area contributed by atoms with E-state index >= 15 is 0 Å². The fourth-order valence-electron chi connectivity index (χ4n) is 3.65. The summed E-state index contributed by atoms with van der Waals surface area (Å²) < 4.78 is 60.1. The molecule has 1 aromatic rings. The Bertz CT molecular complexity index is 922. The van der Waals surface area contributed by atoms with Crippen LogP contribution in [0.2, 0.25) is 0 Å². The minimum atomic E-state index is -0.985. The predicted molar refractivity (Wildman–Crippen MR) is 180 cm³/mol. The van der Waals surface area contributed by atoms with Gasteiger partial charge >= 0.3 is 5.97 Å². The molecule has 0 aliphatic rings. The first-order valence-corrected chi connectivity index (χ1v) is 17.1. The largest absolute Gasteiger partial charge is 0.491 e. The lowest BCUT2D eigenvalue weighted by atomic mass is 10.2. The van der Waals surface area contributed by atoms with Crippen molar-refractivity contribution in [2.24, 2.45) is 0 Å². The van der Waals surface area contributed by atoms with Gasteiger partial charge in [0.15, 0.2) is 0 Å². The number of benzene rings is 1. The van der Waals surface area contributed by atoms with Gasteiger partial charge in [0.05, 0.1) is 132 Å². The molecule has 288 valence electrons. The minimum absolute atomic E-state index is 0.0133. The summed E-state index contributed by atoms with van der Waals surface area (Å²) in [5.41, 5.74) is 0.611. The molecule has 0 aliphatic heterocycles. The smallest absolute Gasteiger partial charge is 0.303 e. The first-order chi connectivity index (χ1) is 24.6. The van der Waals surface area contributed by atoms with Crippen LogP contribution in [0, 0.1) is 0 Å². The summed E-state index contributed by atoms with van der Waals surface area (Å²) in [6.45, 7) is 10.3. The highest BCUT2D eigenvalue weighted by atomic mass is 16.6. The number of hydrogen-bond acceptors (Lipinski definition) is 14. The number of nitrogens with one attached hydrogen (secondary N) is 1. The Morgan fingerprint density at radius 3 is 1.18 bits per heavy atom. The number of carboxylic acid groups (broad SMARTS) is 1. The monoisotopic (exact) mass is 719 g/mol. The second-order valence-electron chi connectivity index (χ2n) is 10.3. The van der Waals surface area contributed by atoms with E-state index in [4.69, 9.17) is 57.2 Å². The van der Waals surface area contributed by atoms with Crippen molar-refractivity contribution < 1.29 is 71.6 Å². The van der Waals surface area contributed by atoms with E-state index in [0.717, 1.165) is 6.29 Å². The van der Waals surface area contributed by atoms with E-state index in [1.165, 1.54) is 0 Å². The zero-order chi connectivity index (χ0) is 36.0. The topological polar surface area (TPSA) is 185 Å². The molecule has 0 fully saturated rings. The Morgan fingerprint density at radius 2 is 0.840 bits per heavy atom. The van der Waals surface area contributed by atoms with Crippen LogP contribution in [-0.4, -0.2) is 169 Å². The SMILES string of the molecule is O=Cc1ccc(OCCOCCOCCOCCOCCOCCOCCOCCOCCOCCOCCCNC(=O)CCC(=O)O)cc1. The third kappa shape index (κ3) is 32.4. The number of carboxylic acids is 1. The van der Waals surface area contributed by atoms with Crippen LogP contribution >= 0.6 is 0 Å². The number of rotatable bonds is 39. The molecule has 1 rings (SSSR count). The molecule has 1 amide bonds. The lowest BCUT2D eigenvalue weighted by Gasteiger charge is -2.09. The number of carbonyl (C=O) groups excluding carboxylic acids is 2. The summed E-state index contributed by atoms with van der Waals surface area (Å²) in [6.07, 6.45) is 1.26. The van der Waals surface area contributed by atoms with E-state index in [0.29, 0.717) is 163 Å². The van der Waals surface area contributed by atoms with Crippen LogP contribution in [0.1, 0.15) is 29.6 Å². The highest BCUT2D eigenvalue weighted by Gasteiger charge is 2.04. The average molecular weight is 720 g/mol. The van der Waals surface area contributed by atoms with Gasteiger partial charge in [0.1, 0.15) is 18.6 Å². The van der Waals surface area contributed by atoms with Crippen LogP contribution in [0.25, 0.3) is 0 Å². The number of hydrogen-bond donors (Lipinski definition) is 2. The second-order valence-corrected chi connectivity index (χ2v) is 10.3. The van der Waals surface area contributed by atoms with E-state index < -0.39 is 5.97 Å². The standard InChI is InChI=1S/C34H57NO15/c36-30-31-2-4-32(5-3-31)50-29-28-49-27-26-48-25-24-47-23-22-46-21-20-45-19-18-44-17-16-43-15-14-42-13-12-41-11-10-40-9-1-8-35-33(37)6-7-34(38)39/h2-5,30H,1,6-29H2,(H,35,37)(H,38,39). The van der Waals surface area contributed by atoms with Crippen LogP contribution in [0.15, 0.2) is 24.3 Å². The third-order valence-corrected chi connectivity index (χ3v) is 6.21. The van der Waals surface area contributed by atoms with Crippen molar-refractivity contribution >= 4 is 18.2 Å². The average Bonchev–Trinajstić information content (AvgIpc) is 3.12. The van der Waals surface area contributed by atoms with Gasteiger partial charge in [0.25, 0.3) is 0 Å². The van der Waals surface area contributed by atoms with Gasteiger partial charge in [-0.1, -0.05) is 0 Å². The van der Waals surface area contributed by atoms with Crippen LogP contribution < -0.4 is 10.1 Å². The van der Waals surface area contributed by atoms with Crippen molar-refractivity contribution in [3.63, 3.8) is 0 Å². The van der Waals surface area contributed by atoms with Crippen LogP contribution in [0.4, 0.5) is 0 Å². The number of aliphatic carboxylic acids is 1. The molecule has 50 heavy (non-hydrogen) atoms. The molecular weight excluding hydrogens is 662 g/mol. The van der Waals surface area contributed by atoms with Crippen molar-refractivity contribution in [2.75, 3.05) is 145 Å². The van der Waals surface area contributed by atoms with Gasteiger partial charge in [-0.05, 0) is 30.7 Å². The fraction of sp³-hybridized carbons (Fsp3) is 0.735. The first kappa shape index (κ1) is 45.3. The highest BCUT2D eigenvalue weighted by Crippen LogP contribution is 2.10. The fourth-order valence-corrected chi connectivity index (χ4v) is 3.65. The molecule has 16 heteroatoms. The third-order valence-electron chi connectivity index (χ3n) is 6.21. The summed E-state index contributed by atoms with van der Waals surface area (Å²) in [6, 6.07) is 6.91. The molecular formula is C34H57NO15. The number of ether oxygens (including phenoxy) is 11. The second kappa shape index (κ2) is 36.0. The molecule has 2 N–H and O–H groups in total. The van der Waals surface area contributed by atoms with Crippen molar-refractivity contribution in [1.29, 1.82) is 0 Å². The van der Waals surface area contributed by atoms with E-state index in [1.807, 2.05) is 0 Å². The van der Waals surface area contributed by atoms with Gasteiger partial charge in [-0.2, -0.15) is 0 Å². The summed E-state index contributed by atoms with van der Waals surface area (Å²) in [5, 5.41) is 11.2. The van der Waals surface area contributed by atoms with Crippen LogP contribution in [-0.2, 0) is 57.0 Å². The molecule has 0 heterocycles. The molecule has 0 saturated heterocycles. The lowest BCUT2D eigenvalue weighted by molar-refractivity contribution is -0.138. The van der Waals surface area contributed by atoms with E-state index in [2.05, 4.69) is 5.32 Å². The Balaban J connectivity index is 1.64. The van der Waals surface area contributed by atoms with Crippen molar-refractivity contribution in [1.82, 2.24) is 5.32 Å².